The minimum Gasteiger partial charge on any atom is -0.228 e. The second-order valence-electron chi connectivity index (χ2n) is 1.21. The van der Waals surface area contributed by atoms with Gasteiger partial charge in [0, 0.05) is 6.20 Å². The maximum atomic E-state index is 11.8. The molecule has 1 rings (SSSR count). The van der Waals surface area contributed by atoms with Gasteiger partial charge in [0.25, 0.3) is 0 Å². The van der Waals surface area contributed by atoms with Crippen molar-refractivity contribution in [3.05, 3.63) is 30.1 Å². The van der Waals surface area contributed by atoms with Crippen molar-refractivity contribution in [2.24, 2.45) is 0 Å². The molecule has 0 saturated carbocycles. The van der Waals surface area contributed by atoms with E-state index in [2.05, 4.69) is 4.98 Å². The molecule has 0 aliphatic rings. The van der Waals surface area contributed by atoms with Crippen LogP contribution in [0.4, 0.5) is 8.78 Å². The predicted octanol–water partition coefficient (Wildman–Crippen LogP) is 1.16. The minimum absolute atomic E-state index is 0.725. The zero-order chi connectivity index (χ0) is 5.98. The molecule has 0 saturated heterocycles. The molecule has 1 aromatic heterocycles. The number of pyridine rings is 1. The summed E-state index contributed by atoms with van der Waals surface area (Å²) in [7, 11) is 0. The fourth-order valence-electron chi connectivity index (χ4n) is 0.341. The van der Waals surface area contributed by atoms with Crippen LogP contribution in [0.1, 0.15) is 0 Å². The number of hydrogen-bond acceptors (Lipinski definition) is 1. The zero-order valence-corrected chi connectivity index (χ0v) is 3.86. The Morgan fingerprint density at radius 3 is 2.62 bits per heavy atom. The van der Waals surface area contributed by atoms with Gasteiger partial charge in [0.1, 0.15) is 5.82 Å². The largest absolute Gasteiger partial charge is 0.228 e. The monoisotopic (exact) mass is 114 g/mol. The van der Waals surface area contributed by atoms with Gasteiger partial charge < -0.3 is 0 Å². The van der Waals surface area contributed by atoms with Crippen molar-refractivity contribution in [2.75, 3.05) is 0 Å². The lowest BCUT2D eigenvalue weighted by molar-refractivity contribution is 0.548. The molecule has 0 N–H and O–H groups in total. The third kappa shape index (κ3) is 0.992. The molecule has 1 heterocycles. The first-order valence-corrected chi connectivity index (χ1v) is 1.98. The molecule has 0 aromatic carbocycles. The van der Waals surface area contributed by atoms with Gasteiger partial charge in [-0.1, -0.05) is 0 Å². The molecule has 1 radical (unpaired) electrons. The van der Waals surface area contributed by atoms with Crippen LogP contribution in [0.25, 0.3) is 0 Å². The first kappa shape index (κ1) is 5.15. The lowest BCUT2D eigenvalue weighted by Gasteiger charge is -1.82. The van der Waals surface area contributed by atoms with Gasteiger partial charge in [0.2, 0.25) is 5.95 Å². The molecule has 0 bridgehead atoms. The van der Waals surface area contributed by atoms with Crippen molar-refractivity contribution in [1.82, 2.24) is 4.98 Å². The van der Waals surface area contributed by atoms with Crippen molar-refractivity contribution in [1.29, 1.82) is 0 Å². The topological polar surface area (TPSA) is 12.9 Å². The highest BCUT2D eigenvalue weighted by atomic mass is 19.1. The van der Waals surface area contributed by atoms with Crippen LogP contribution in [-0.2, 0) is 0 Å². The second-order valence-corrected chi connectivity index (χ2v) is 1.21. The summed E-state index contributed by atoms with van der Waals surface area (Å²) >= 11 is 0. The highest BCUT2D eigenvalue weighted by molar-refractivity contribution is 4.92. The van der Waals surface area contributed by atoms with Crippen molar-refractivity contribution in [2.45, 2.75) is 0 Å². The molecule has 0 atom stereocenters. The van der Waals surface area contributed by atoms with E-state index in [9.17, 15) is 8.78 Å². The van der Waals surface area contributed by atoms with E-state index in [0.29, 0.717) is 0 Å². The smallest absolute Gasteiger partial charge is 0.223 e. The molecule has 0 aliphatic heterocycles. The fraction of sp³-hybridized carbons (Fsp3) is 0. The van der Waals surface area contributed by atoms with E-state index in [0.717, 1.165) is 12.3 Å². The average Bonchev–Trinajstić information content (AvgIpc) is 1.64. The molecule has 0 fully saturated rings. The Morgan fingerprint density at radius 1 is 1.50 bits per heavy atom. The molecule has 0 amide bonds. The summed E-state index contributed by atoms with van der Waals surface area (Å²) in [5.41, 5.74) is 0. The lowest BCUT2D eigenvalue weighted by Crippen LogP contribution is -1.81. The molecule has 41 valence electrons. The lowest BCUT2D eigenvalue weighted by atomic mass is 10.5. The first-order chi connectivity index (χ1) is 3.79. The molecule has 1 aromatic rings. The van der Waals surface area contributed by atoms with E-state index in [-0.39, 0.29) is 0 Å². The van der Waals surface area contributed by atoms with Gasteiger partial charge in [-0.15, -0.1) is 0 Å². The standard InChI is InChI=1S/C5H2F2N/c6-4-1-2-8-5(7)3-4/h1-2H. The third-order valence-corrected chi connectivity index (χ3v) is 0.631. The summed E-state index contributed by atoms with van der Waals surface area (Å²) in [4.78, 5) is 3.08. The van der Waals surface area contributed by atoms with E-state index in [1.807, 2.05) is 0 Å². The molecular formula is C5H2F2N. The average molecular weight is 114 g/mol. The molecule has 8 heavy (non-hydrogen) atoms. The number of rotatable bonds is 0. The van der Waals surface area contributed by atoms with E-state index < -0.39 is 11.8 Å². The third-order valence-electron chi connectivity index (χ3n) is 0.631. The predicted molar refractivity (Wildman–Crippen MR) is 23.0 cm³/mol. The quantitative estimate of drug-likeness (QED) is 0.461. The van der Waals surface area contributed by atoms with Crippen LogP contribution in [0, 0.1) is 17.8 Å². The van der Waals surface area contributed by atoms with Gasteiger partial charge in [0.05, 0.1) is 6.07 Å². The van der Waals surface area contributed by atoms with Crippen LogP contribution in [0.2, 0.25) is 0 Å². The Hall–Kier alpha value is -0.990. The van der Waals surface area contributed by atoms with Crippen LogP contribution in [0.5, 0.6) is 0 Å². The maximum absolute atomic E-state index is 11.8. The molecule has 0 unspecified atom stereocenters. The summed E-state index contributed by atoms with van der Waals surface area (Å²) in [5.74, 6) is -1.64. The van der Waals surface area contributed by atoms with Crippen LogP contribution in [-0.4, -0.2) is 4.98 Å². The summed E-state index contributed by atoms with van der Waals surface area (Å²) in [6.07, 6.45) is 1.04. The SMILES string of the molecule is Fc1[c]c(F)ncc1. The molecule has 3 heteroatoms. The van der Waals surface area contributed by atoms with Gasteiger partial charge in [0.15, 0.2) is 0 Å². The number of aromatic nitrogens is 1. The van der Waals surface area contributed by atoms with Gasteiger partial charge >= 0.3 is 0 Å². The minimum atomic E-state index is -0.912. The Kier molecular flexibility index (Phi) is 1.20. The van der Waals surface area contributed by atoms with Gasteiger partial charge in [-0.25, -0.2) is 9.37 Å². The fourth-order valence-corrected chi connectivity index (χ4v) is 0.341. The summed E-state index contributed by atoms with van der Waals surface area (Å²) in [6.45, 7) is 0. The molecule has 0 aliphatic carbocycles. The highest BCUT2D eigenvalue weighted by Gasteiger charge is 1.91. The molecule has 1 nitrogen and oxygen atoms in total. The van der Waals surface area contributed by atoms with Crippen molar-refractivity contribution >= 4 is 0 Å². The Morgan fingerprint density at radius 2 is 2.25 bits per heavy atom. The zero-order valence-electron chi connectivity index (χ0n) is 3.86. The Bertz CT molecular complexity index is 170. The van der Waals surface area contributed by atoms with Crippen LogP contribution in [0.3, 0.4) is 0 Å². The van der Waals surface area contributed by atoms with Crippen LogP contribution < -0.4 is 0 Å². The highest BCUT2D eigenvalue weighted by Crippen LogP contribution is 1.93. The second kappa shape index (κ2) is 1.86. The van der Waals surface area contributed by atoms with Crippen molar-refractivity contribution in [3.8, 4) is 0 Å². The van der Waals surface area contributed by atoms with Crippen molar-refractivity contribution < 1.29 is 8.78 Å². The van der Waals surface area contributed by atoms with Crippen molar-refractivity contribution in [3.63, 3.8) is 0 Å². The van der Waals surface area contributed by atoms with E-state index >= 15 is 0 Å². The summed E-state index contributed by atoms with van der Waals surface area (Å²) in [5, 5.41) is 0. The van der Waals surface area contributed by atoms with Crippen LogP contribution in [0.15, 0.2) is 12.3 Å². The van der Waals surface area contributed by atoms with Gasteiger partial charge in [-0.3, -0.25) is 0 Å². The van der Waals surface area contributed by atoms with E-state index in [1.54, 1.807) is 6.07 Å². The molecule has 0 spiro atoms. The number of hydrogen-bond donors (Lipinski definition) is 0. The normalized spacial score (nSPS) is 9.25. The maximum Gasteiger partial charge on any atom is 0.223 e. The van der Waals surface area contributed by atoms with Gasteiger partial charge in [-0.2, -0.15) is 4.39 Å². The Balaban J connectivity index is 3.08. The van der Waals surface area contributed by atoms with Crippen LogP contribution >= 0.6 is 0 Å². The van der Waals surface area contributed by atoms with E-state index in [1.165, 1.54) is 0 Å². The summed E-state index contributed by atoms with van der Waals surface area (Å²) < 4.78 is 23.6. The number of halogens is 2. The summed E-state index contributed by atoms with van der Waals surface area (Å²) in [6, 6.07) is 2.76. The van der Waals surface area contributed by atoms with Gasteiger partial charge in [-0.05, 0) is 6.07 Å². The van der Waals surface area contributed by atoms with E-state index in [4.69, 9.17) is 0 Å². The number of nitrogens with zero attached hydrogens (tertiary/aromatic N) is 1. The Labute approximate surface area is 45.0 Å². The molecular weight excluding hydrogens is 112 g/mol. The first-order valence-electron chi connectivity index (χ1n) is 1.98.